The molecule has 0 heterocycles. The molecule has 13 heavy (non-hydrogen) atoms. The first-order valence-corrected chi connectivity index (χ1v) is 4.19. The Morgan fingerprint density at radius 2 is 2.00 bits per heavy atom. The summed E-state index contributed by atoms with van der Waals surface area (Å²) >= 11 is 0. The van der Waals surface area contributed by atoms with Crippen LogP contribution in [0, 0.1) is 23.7 Å². The fraction of sp³-hybridized carbons (Fsp3) is 0.700. The largest absolute Gasteiger partial charge is 0.378 e. The van der Waals surface area contributed by atoms with Crippen LogP contribution in [-0.4, -0.2) is 25.4 Å². The highest BCUT2D eigenvalue weighted by Gasteiger charge is 2.12. The minimum atomic E-state index is -0.529. The predicted molar refractivity (Wildman–Crippen MR) is 49.9 cm³/mol. The summed E-state index contributed by atoms with van der Waals surface area (Å²) in [5.41, 5.74) is -0.529. The smallest absolute Gasteiger partial charge is 0.122 e. The van der Waals surface area contributed by atoms with E-state index in [1.54, 1.807) is 0 Å². The van der Waals surface area contributed by atoms with Crippen LogP contribution >= 0.6 is 0 Å². The molecule has 0 rings (SSSR count). The molecule has 0 spiro atoms. The van der Waals surface area contributed by atoms with E-state index in [0.29, 0.717) is 26.2 Å². The van der Waals surface area contributed by atoms with E-state index in [1.807, 2.05) is 19.9 Å². The van der Waals surface area contributed by atoms with Crippen LogP contribution in [0.2, 0.25) is 0 Å². The average Bonchev–Trinajstić information content (AvgIpc) is 2.11. The number of rotatable bonds is 6. The number of hydrogen-bond acceptors (Lipinski definition) is 3. The highest BCUT2D eigenvalue weighted by Crippen LogP contribution is 2.05. The van der Waals surface area contributed by atoms with Gasteiger partial charge in [0.2, 0.25) is 0 Å². The minimum Gasteiger partial charge on any atom is -0.378 e. The van der Waals surface area contributed by atoms with Crippen molar-refractivity contribution in [3.05, 3.63) is 0 Å². The lowest BCUT2D eigenvalue weighted by molar-refractivity contribution is -0.0124. The fourth-order valence-corrected chi connectivity index (χ4v) is 0.617. The molecule has 0 saturated heterocycles. The van der Waals surface area contributed by atoms with Crippen molar-refractivity contribution >= 4 is 0 Å². The van der Waals surface area contributed by atoms with Gasteiger partial charge in [0.15, 0.2) is 0 Å². The van der Waals surface area contributed by atoms with Gasteiger partial charge in [-0.2, -0.15) is 5.26 Å². The van der Waals surface area contributed by atoms with Crippen LogP contribution < -0.4 is 0 Å². The summed E-state index contributed by atoms with van der Waals surface area (Å²) in [4.78, 5) is 0. The van der Waals surface area contributed by atoms with Crippen molar-refractivity contribution in [1.29, 1.82) is 5.26 Å². The molecule has 0 unspecified atom stereocenters. The van der Waals surface area contributed by atoms with E-state index in [1.165, 1.54) is 0 Å². The maximum atomic E-state index is 8.20. The lowest BCUT2D eigenvalue weighted by Crippen LogP contribution is -2.24. The van der Waals surface area contributed by atoms with Crippen molar-refractivity contribution < 1.29 is 9.47 Å². The molecular weight excluding hydrogens is 166 g/mol. The molecule has 0 fully saturated rings. The van der Waals surface area contributed by atoms with Crippen LogP contribution in [0.15, 0.2) is 0 Å². The average molecular weight is 181 g/mol. The Morgan fingerprint density at radius 1 is 1.31 bits per heavy atom. The Balaban J connectivity index is 3.28. The van der Waals surface area contributed by atoms with Gasteiger partial charge in [0.1, 0.15) is 5.60 Å². The topological polar surface area (TPSA) is 42.2 Å². The summed E-state index contributed by atoms with van der Waals surface area (Å²) < 4.78 is 10.4. The van der Waals surface area contributed by atoms with Crippen molar-refractivity contribution in [2.75, 3.05) is 19.8 Å². The molecule has 0 radical (unpaired) electrons. The number of ether oxygens (including phenoxy) is 2. The molecule has 0 aliphatic carbocycles. The second kappa shape index (κ2) is 6.48. The summed E-state index contributed by atoms with van der Waals surface area (Å²) in [5.74, 6) is 2.51. The number of hydrogen-bond donors (Lipinski definition) is 0. The summed E-state index contributed by atoms with van der Waals surface area (Å²) in [6, 6.07) is 1.99. The van der Waals surface area contributed by atoms with Crippen LogP contribution in [0.5, 0.6) is 0 Å². The van der Waals surface area contributed by atoms with Gasteiger partial charge < -0.3 is 9.47 Å². The second-order valence-corrected chi connectivity index (χ2v) is 3.02. The first-order chi connectivity index (χ1) is 6.12. The van der Waals surface area contributed by atoms with Gasteiger partial charge in [-0.15, -0.1) is 6.42 Å². The Bertz CT molecular complexity index is 210. The quantitative estimate of drug-likeness (QED) is 0.459. The van der Waals surface area contributed by atoms with Gasteiger partial charge in [0, 0.05) is 0 Å². The van der Waals surface area contributed by atoms with E-state index < -0.39 is 5.60 Å². The Kier molecular flexibility index (Phi) is 5.97. The molecule has 0 aromatic carbocycles. The van der Waals surface area contributed by atoms with Gasteiger partial charge in [-0.05, 0) is 13.8 Å². The molecule has 0 aliphatic rings. The summed E-state index contributed by atoms with van der Waals surface area (Å²) in [6.07, 6.45) is 5.63. The zero-order chi connectivity index (χ0) is 10.2. The van der Waals surface area contributed by atoms with Crippen LogP contribution in [-0.2, 0) is 9.47 Å². The molecule has 0 bridgehead atoms. The molecule has 72 valence electrons. The summed E-state index contributed by atoms with van der Waals surface area (Å²) in [7, 11) is 0. The number of terminal acetylenes is 1. The first kappa shape index (κ1) is 12.0. The molecule has 0 N–H and O–H groups in total. The van der Waals surface area contributed by atoms with E-state index in [2.05, 4.69) is 5.92 Å². The highest BCUT2D eigenvalue weighted by atomic mass is 16.5. The normalized spacial score (nSPS) is 10.5. The van der Waals surface area contributed by atoms with Gasteiger partial charge in [-0.1, -0.05) is 5.92 Å². The van der Waals surface area contributed by atoms with E-state index in [0.717, 1.165) is 0 Å². The standard InChI is InChI=1S/C10H15NO2/c1-4-10(2,3)13-9-8-12-7-5-6-11/h1H,5,7-9H2,2-3H3. The lowest BCUT2D eigenvalue weighted by atomic mass is 10.1. The van der Waals surface area contributed by atoms with Gasteiger partial charge in [-0.3, -0.25) is 0 Å². The molecule has 0 aliphatic heterocycles. The number of nitriles is 1. The molecule has 3 heteroatoms. The minimum absolute atomic E-state index is 0.415. The van der Waals surface area contributed by atoms with Gasteiger partial charge >= 0.3 is 0 Å². The van der Waals surface area contributed by atoms with Crippen molar-refractivity contribution in [1.82, 2.24) is 0 Å². The van der Waals surface area contributed by atoms with Crippen molar-refractivity contribution in [3.63, 3.8) is 0 Å². The van der Waals surface area contributed by atoms with E-state index in [9.17, 15) is 0 Å². The first-order valence-electron chi connectivity index (χ1n) is 4.19. The third kappa shape index (κ3) is 7.33. The zero-order valence-corrected chi connectivity index (χ0v) is 8.17. The van der Waals surface area contributed by atoms with Crippen molar-refractivity contribution in [3.8, 4) is 18.4 Å². The maximum Gasteiger partial charge on any atom is 0.122 e. The lowest BCUT2D eigenvalue weighted by Gasteiger charge is -2.18. The van der Waals surface area contributed by atoms with Crippen LogP contribution in [0.1, 0.15) is 20.3 Å². The molecule has 0 atom stereocenters. The van der Waals surface area contributed by atoms with E-state index in [4.69, 9.17) is 21.2 Å². The van der Waals surface area contributed by atoms with Crippen molar-refractivity contribution in [2.45, 2.75) is 25.9 Å². The zero-order valence-electron chi connectivity index (χ0n) is 8.17. The third-order valence-corrected chi connectivity index (χ3v) is 1.40. The molecule has 0 aromatic heterocycles. The van der Waals surface area contributed by atoms with E-state index >= 15 is 0 Å². The predicted octanol–water partition coefficient (Wildman–Crippen LogP) is 1.35. The molecule has 3 nitrogen and oxygen atoms in total. The monoisotopic (exact) mass is 181 g/mol. The molecule has 0 aromatic rings. The van der Waals surface area contributed by atoms with Crippen LogP contribution in [0.3, 0.4) is 0 Å². The van der Waals surface area contributed by atoms with Crippen LogP contribution in [0.4, 0.5) is 0 Å². The van der Waals surface area contributed by atoms with Gasteiger partial charge in [0.25, 0.3) is 0 Å². The SMILES string of the molecule is C#CC(C)(C)OCCOCCC#N. The second-order valence-electron chi connectivity index (χ2n) is 3.02. The summed E-state index contributed by atoms with van der Waals surface area (Å²) in [5, 5.41) is 8.20. The fourth-order valence-electron chi connectivity index (χ4n) is 0.617. The van der Waals surface area contributed by atoms with Gasteiger partial charge in [0.05, 0.1) is 32.3 Å². The van der Waals surface area contributed by atoms with Crippen molar-refractivity contribution in [2.24, 2.45) is 0 Å². The van der Waals surface area contributed by atoms with Crippen LogP contribution in [0.25, 0.3) is 0 Å². The van der Waals surface area contributed by atoms with E-state index in [-0.39, 0.29) is 0 Å². The van der Waals surface area contributed by atoms with Gasteiger partial charge in [-0.25, -0.2) is 0 Å². The molecule has 0 amide bonds. The molecule has 0 saturated carbocycles. The highest BCUT2D eigenvalue weighted by molar-refractivity contribution is 5.02. The Hall–Kier alpha value is -1.03. The Labute approximate surface area is 79.6 Å². The summed E-state index contributed by atoms with van der Waals surface area (Å²) in [6.45, 7) is 5.04. The number of nitrogens with zero attached hydrogens (tertiary/aromatic N) is 1. The third-order valence-electron chi connectivity index (χ3n) is 1.40. The molecular formula is C10H15NO2. The Morgan fingerprint density at radius 3 is 2.54 bits per heavy atom. The maximum absolute atomic E-state index is 8.20.